The van der Waals surface area contributed by atoms with Crippen LogP contribution in [0.2, 0.25) is 0 Å². The second kappa shape index (κ2) is 11.6. The maximum atomic E-state index is 3.88. The van der Waals surface area contributed by atoms with Crippen molar-refractivity contribution in [2.75, 3.05) is 0 Å². The molecule has 0 saturated carbocycles. The molecule has 1 atom stereocenters. The van der Waals surface area contributed by atoms with Crippen molar-refractivity contribution in [3.8, 4) is 11.8 Å². The lowest BCUT2D eigenvalue weighted by Crippen LogP contribution is -1.98. The summed E-state index contributed by atoms with van der Waals surface area (Å²) in [6.07, 6.45) is 10.6. The van der Waals surface area contributed by atoms with Gasteiger partial charge < -0.3 is 0 Å². The van der Waals surface area contributed by atoms with Crippen molar-refractivity contribution in [2.45, 2.75) is 64.7 Å². The van der Waals surface area contributed by atoms with Gasteiger partial charge >= 0.3 is 0 Å². The highest BCUT2D eigenvalue weighted by Gasteiger charge is 2.04. The summed E-state index contributed by atoms with van der Waals surface area (Å²) in [4.78, 5) is 0. The molecule has 0 aromatic carbocycles. The lowest BCUT2D eigenvalue weighted by atomic mass is 9.94. The van der Waals surface area contributed by atoms with Crippen molar-refractivity contribution >= 4 is 0 Å². The molecule has 0 aliphatic carbocycles. The van der Waals surface area contributed by atoms with E-state index in [1.54, 1.807) is 0 Å². The summed E-state index contributed by atoms with van der Waals surface area (Å²) in [6.45, 7) is 9.94. The predicted octanol–water partition coefficient (Wildman–Crippen LogP) is 4.80. The van der Waals surface area contributed by atoms with Crippen molar-refractivity contribution in [2.24, 2.45) is 5.92 Å². The van der Waals surface area contributed by atoms with Gasteiger partial charge in [-0.3, -0.25) is 0 Å². The zero-order valence-electron chi connectivity index (χ0n) is 10.4. The van der Waals surface area contributed by atoms with Gasteiger partial charge in [-0.25, -0.2) is 0 Å². The molecule has 0 N–H and O–H groups in total. The van der Waals surface area contributed by atoms with Gasteiger partial charge in [0.25, 0.3) is 0 Å². The molecule has 0 bridgehead atoms. The first-order chi connectivity index (χ1) is 7.35. The van der Waals surface area contributed by atoms with Crippen molar-refractivity contribution < 1.29 is 0 Å². The number of hydrogen-bond donors (Lipinski definition) is 0. The summed E-state index contributed by atoms with van der Waals surface area (Å²) in [6, 6.07) is 0. The molecule has 15 heavy (non-hydrogen) atoms. The minimum atomic E-state index is 0.880. The van der Waals surface area contributed by atoms with Gasteiger partial charge in [0.2, 0.25) is 0 Å². The van der Waals surface area contributed by atoms with Gasteiger partial charge in [-0.15, -0.1) is 11.8 Å². The Bertz CT molecular complexity index is 170. The van der Waals surface area contributed by atoms with Crippen molar-refractivity contribution in [1.29, 1.82) is 0 Å². The number of rotatable bonds is 8. The first-order valence-corrected chi connectivity index (χ1v) is 6.39. The Labute approximate surface area is 96.8 Å². The molecule has 0 aromatic heterocycles. The molecular formula is C15H26. The van der Waals surface area contributed by atoms with Crippen LogP contribution < -0.4 is 0 Å². The van der Waals surface area contributed by atoms with Gasteiger partial charge in [-0.2, -0.15) is 0 Å². The molecular weight excluding hydrogens is 180 g/mol. The Morgan fingerprint density at radius 3 is 2.27 bits per heavy atom. The maximum Gasteiger partial charge on any atom is 0.00913 e. The third kappa shape index (κ3) is 9.85. The fourth-order valence-corrected chi connectivity index (χ4v) is 1.70. The molecule has 0 rings (SSSR count). The average Bonchev–Trinajstić information content (AvgIpc) is 2.26. The van der Waals surface area contributed by atoms with E-state index in [1.165, 1.54) is 32.1 Å². The molecule has 0 nitrogen and oxygen atoms in total. The van der Waals surface area contributed by atoms with Crippen LogP contribution in [0, 0.1) is 31.6 Å². The molecule has 0 aliphatic rings. The molecule has 0 heterocycles. The van der Waals surface area contributed by atoms with E-state index in [9.17, 15) is 0 Å². The Morgan fingerprint density at radius 2 is 1.67 bits per heavy atom. The van der Waals surface area contributed by atoms with Crippen LogP contribution in [0.3, 0.4) is 0 Å². The van der Waals surface area contributed by atoms with Crippen LogP contribution in [0.1, 0.15) is 64.7 Å². The van der Waals surface area contributed by atoms with Crippen LogP contribution in [0.4, 0.5) is 0 Å². The van der Waals surface area contributed by atoms with E-state index in [0.717, 1.165) is 31.6 Å². The van der Waals surface area contributed by atoms with Crippen LogP contribution in [-0.4, -0.2) is 0 Å². The van der Waals surface area contributed by atoms with Gasteiger partial charge in [0, 0.05) is 12.8 Å². The molecule has 0 aliphatic heterocycles. The molecule has 1 unspecified atom stereocenters. The average molecular weight is 206 g/mol. The molecule has 0 amide bonds. The van der Waals surface area contributed by atoms with Crippen LogP contribution >= 0.6 is 0 Å². The largest absolute Gasteiger partial charge is 0.103 e. The highest BCUT2D eigenvalue weighted by atomic mass is 14.1. The van der Waals surface area contributed by atoms with Gasteiger partial charge in [-0.05, 0) is 18.8 Å². The monoisotopic (exact) mass is 206 g/mol. The summed E-state index contributed by atoms with van der Waals surface area (Å²) in [5.41, 5.74) is 0. The zero-order chi connectivity index (χ0) is 11.4. The van der Waals surface area contributed by atoms with E-state index in [2.05, 4.69) is 32.6 Å². The normalized spacial score (nSPS) is 11.9. The topological polar surface area (TPSA) is 0 Å². The Morgan fingerprint density at radius 1 is 0.933 bits per heavy atom. The molecule has 86 valence electrons. The molecule has 0 fully saturated rings. The molecule has 0 aromatic rings. The van der Waals surface area contributed by atoms with Crippen LogP contribution in [-0.2, 0) is 0 Å². The second-order valence-corrected chi connectivity index (χ2v) is 4.12. The van der Waals surface area contributed by atoms with Gasteiger partial charge in [0.1, 0.15) is 0 Å². The van der Waals surface area contributed by atoms with Crippen molar-refractivity contribution in [3.63, 3.8) is 0 Å². The summed E-state index contributed by atoms with van der Waals surface area (Å²) in [5.74, 6) is 7.28. The van der Waals surface area contributed by atoms with E-state index in [-0.39, 0.29) is 0 Å². The highest BCUT2D eigenvalue weighted by molar-refractivity contribution is 4.98. The quantitative estimate of drug-likeness (QED) is 0.395. The molecule has 2 radical (unpaired) electrons. The van der Waals surface area contributed by atoms with E-state index >= 15 is 0 Å². The lowest BCUT2D eigenvalue weighted by Gasteiger charge is -2.12. The Hall–Kier alpha value is -0.440. The SMILES string of the molecule is [CH2]CCC#CCCC(CC)CCCC[CH2]. The second-order valence-electron chi connectivity index (χ2n) is 4.12. The number of hydrogen-bond acceptors (Lipinski definition) is 0. The Balaban J connectivity index is 3.49. The zero-order valence-corrected chi connectivity index (χ0v) is 10.4. The number of unbranched alkanes of at least 4 members (excludes halogenated alkanes) is 3. The van der Waals surface area contributed by atoms with Crippen molar-refractivity contribution in [3.05, 3.63) is 13.8 Å². The maximum absolute atomic E-state index is 3.88. The van der Waals surface area contributed by atoms with Gasteiger partial charge in [0.05, 0.1) is 0 Å². The standard InChI is InChI=1S/C15H26/c1-4-7-9-10-12-14-15(6-3)13-11-8-5-2/h15H,1-2,4-8,11-14H2,3H3. The molecule has 0 spiro atoms. The smallest absolute Gasteiger partial charge is 0.00913 e. The third-order valence-corrected chi connectivity index (χ3v) is 2.79. The minimum Gasteiger partial charge on any atom is -0.103 e. The third-order valence-electron chi connectivity index (χ3n) is 2.79. The van der Waals surface area contributed by atoms with Crippen LogP contribution in [0.5, 0.6) is 0 Å². The van der Waals surface area contributed by atoms with E-state index < -0.39 is 0 Å². The van der Waals surface area contributed by atoms with Crippen LogP contribution in [0.15, 0.2) is 0 Å². The fraction of sp³-hybridized carbons (Fsp3) is 0.733. The van der Waals surface area contributed by atoms with E-state index in [0.29, 0.717) is 0 Å². The minimum absolute atomic E-state index is 0.880. The van der Waals surface area contributed by atoms with Crippen LogP contribution in [0.25, 0.3) is 0 Å². The molecule has 0 saturated heterocycles. The first-order valence-electron chi connectivity index (χ1n) is 6.39. The van der Waals surface area contributed by atoms with Gasteiger partial charge in [-0.1, -0.05) is 52.9 Å². The fourth-order valence-electron chi connectivity index (χ4n) is 1.70. The highest BCUT2D eigenvalue weighted by Crippen LogP contribution is 2.18. The van der Waals surface area contributed by atoms with E-state index in [1.807, 2.05) is 0 Å². The molecule has 0 heteroatoms. The summed E-state index contributed by atoms with van der Waals surface area (Å²) in [7, 11) is 0. The Kier molecular flexibility index (Phi) is 11.3. The predicted molar refractivity (Wildman–Crippen MR) is 69.2 cm³/mol. The first kappa shape index (κ1) is 14.6. The summed E-state index contributed by atoms with van der Waals surface area (Å²) < 4.78 is 0. The van der Waals surface area contributed by atoms with Gasteiger partial charge in [0.15, 0.2) is 0 Å². The van der Waals surface area contributed by atoms with Crippen molar-refractivity contribution in [1.82, 2.24) is 0 Å². The summed E-state index contributed by atoms with van der Waals surface area (Å²) >= 11 is 0. The summed E-state index contributed by atoms with van der Waals surface area (Å²) in [5, 5.41) is 0. The lowest BCUT2D eigenvalue weighted by molar-refractivity contribution is 0.423. The van der Waals surface area contributed by atoms with E-state index in [4.69, 9.17) is 0 Å².